The van der Waals surface area contributed by atoms with Gasteiger partial charge in [-0.3, -0.25) is 0 Å². The van der Waals surface area contributed by atoms with E-state index in [1.165, 1.54) is 6.26 Å². The van der Waals surface area contributed by atoms with Crippen LogP contribution in [-0.2, 0) is 14.6 Å². The average molecular weight is 306 g/mol. The Balaban J connectivity index is 2.50. The Labute approximate surface area is 124 Å². The standard InChI is InChI=1S/C14H30N2O3S/c1-4-7-15-11-14(6-5-9-19-13-14)12-16(2)8-10-20(3,17)18/h15H,4-13H2,1-3H3. The molecule has 0 aromatic heterocycles. The number of hydrogen-bond acceptors (Lipinski definition) is 5. The summed E-state index contributed by atoms with van der Waals surface area (Å²) in [6.45, 7) is 7.23. The van der Waals surface area contributed by atoms with Crippen molar-refractivity contribution in [3.05, 3.63) is 0 Å². The fraction of sp³-hybridized carbons (Fsp3) is 1.00. The van der Waals surface area contributed by atoms with Crippen LogP contribution >= 0.6 is 0 Å². The van der Waals surface area contributed by atoms with E-state index in [1.54, 1.807) is 0 Å². The van der Waals surface area contributed by atoms with Gasteiger partial charge in [0.2, 0.25) is 0 Å². The summed E-state index contributed by atoms with van der Waals surface area (Å²) in [5, 5.41) is 3.50. The van der Waals surface area contributed by atoms with Gasteiger partial charge in [-0.25, -0.2) is 8.42 Å². The van der Waals surface area contributed by atoms with Crippen molar-refractivity contribution in [3.63, 3.8) is 0 Å². The first-order chi connectivity index (χ1) is 9.37. The fourth-order valence-corrected chi connectivity index (χ4v) is 3.38. The molecule has 0 aliphatic carbocycles. The predicted octanol–water partition coefficient (Wildman–Crippen LogP) is 0.759. The lowest BCUT2D eigenvalue weighted by molar-refractivity contribution is -0.0218. The van der Waals surface area contributed by atoms with Crippen LogP contribution in [0.1, 0.15) is 26.2 Å². The van der Waals surface area contributed by atoms with Crippen LogP contribution in [-0.4, -0.2) is 71.8 Å². The Hall–Kier alpha value is -0.170. The molecule has 0 spiro atoms. The van der Waals surface area contributed by atoms with Crippen molar-refractivity contribution < 1.29 is 13.2 Å². The van der Waals surface area contributed by atoms with E-state index in [-0.39, 0.29) is 11.2 Å². The molecule has 120 valence electrons. The third kappa shape index (κ3) is 7.02. The molecule has 1 aliphatic heterocycles. The summed E-state index contributed by atoms with van der Waals surface area (Å²) in [7, 11) is -0.888. The average Bonchev–Trinajstić information content (AvgIpc) is 2.37. The van der Waals surface area contributed by atoms with Gasteiger partial charge in [0.15, 0.2) is 0 Å². The van der Waals surface area contributed by atoms with Gasteiger partial charge < -0.3 is 15.0 Å². The maximum absolute atomic E-state index is 11.3. The van der Waals surface area contributed by atoms with Crippen LogP contribution in [0.25, 0.3) is 0 Å². The van der Waals surface area contributed by atoms with Gasteiger partial charge in [0, 0.05) is 37.9 Å². The molecule has 0 amide bonds. The summed E-state index contributed by atoms with van der Waals surface area (Å²) >= 11 is 0. The fourth-order valence-electron chi connectivity index (χ4n) is 2.73. The maximum atomic E-state index is 11.3. The molecule has 1 heterocycles. The Morgan fingerprint density at radius 1 is 1.40 bits per heavy atom. The number of sulfone groups is 1. The summed E-state index contributed by atoms with van der Waals surface area (Å²) in [5.41, 5.74) is 0.125. The molecule has 1 aliphatic rings. The molecule has 0 aromatic rings. The molecule has 0 saturated carbocycles. The molecule has 0 radical (unpaired) electrons. The minimum absolute atomic E-state index is 0.125. The van der Waals surface area contributed by atoms with Crippen molar-refractivity contribution in [1.29, 1.82) is 0 Å². The Bertz CT molecular complexity index is 365. The van der Waals surface area contributed by atoms with Gasteiger partial charge in [0.25, 0.3) is 0 Å². The summed E-state index contributed by atoms with van der Waals surface area (Å²) in [6.07, 6.45) is 4.66. The minimum Gasteiger partial charge on any atom is -0.381 e. The largest absolute Gasteiger partial charge is 0.381 e. The first-order valence-electron chi connectivity index (χ1n) is 7.52. The van der Waals surface area contributed by atoms with Crippen LogP contribution in [0.15, 0.2) is 0 Å². The molecule has 1 fully saturated rings. The molecule has 1 N–H and O–H groups in total. The molecule has 0 bridgehead atoms. The lowest BCUT2D eigenvalue weighted by Crippen LogP contribution is -2.49. The van der Waals surface area contributed by atoms with Gasteiger partial charge in [-0.2, -0.15) is 0 Å². The highest BCUT2D eigenvalue weighted by molar-refractivity contribution is 7.90. The smallest absolute Gasteiger partial charge is 0.148 e. The van der Waals surface area contributed by atoms with E-state index in [0.717, 1.165) is 52.1 Å². The van der Waals surface area contributed by atoms with E-state index in [0.29, 0.717) is 6.54 Å². The van der Waals surface area contributed by atoms with Crippen LogP contribution in [0.4, 0.5) is 0 Å². The Morgan fingerprint density at radius 2 is 2.15 bits per heavy atom. The number of nitrogens with one attached hydrogen (secondary N) is 1. The number of rotatable bonds is 9. The predicted molar refractivity (Wildman–Crippen MR) is 82.9 cm³/mol. The molecule has 1 saturated heterocycles. The minimum atomic E-state index is -2.89. The molecule has 1 unspecified atom stereocenters. The van der Waals surface area contributed by atoms with E-state index in [1.807, 2.05) is 7.05 Å². The molecule has 1 atom stereocenters. The zero-order valence-corrected chi connectivity index (χ0v) is 14.0. The molecule has 1 rings (SSSR count). The molecule has 20 heavy (non-hydrogen) atoms. The zero-order chi connectivity index (χ0) is 15.1. The number of ether oxygens (including phenoxy) is 1. The van der Waals surface area contributed by atoms with E-state index in [4.69, 9.17) is 4.74 Å². The zero-order valence-electron chi connectivity index (χ0n) is 13.2. The van der Waals surface area contributed by atoms with Gasteiger partial charge in [-0.15, -0.1) is 0 Å². The lowest BCUT2D eigenvalue weighted by atomic mass is 9.81. The monoisotopic (exact) mass is 306 g/mol. The van der Waals surface area contributed by atoms with Crippen molar-refractivity contribution in [3.8, 4) is 0 Å². The molecule has 0 aromatic carbocycles. The second-order valence-corrected chi connectivity index (χ2v) is 8.46. The highest BCUT2D eigenvalue weighted by Crippen LogP contribution is 2.28. The Kier molecular flexibility index (Phi) is 7.43. The molecule has 5 nitrogen and oxygen atoms in total. The molecular weight excluding hydrogens is 276 g/mol. The maximum Gasteiger partial charge on any atom is 0.148 e. The highest BCUT2D eigenvalue weighted by atomic mass is 32.2. The van der Waals surface area contributed by atoms with E-state index in [9.17, 15) is 8.42 Å². The van der Waals surface area contributed by atoms with Crippen LogP contribution in [0.2, 0.25) is 0 Å². The van der Waals surface area contributed by atoms with Crippen molar-refractivity contribution in [2.24, 2.45) is 5.41 Å². The van der Waals surface area contributed by atoms with Crippen LogP contribution in [0.3, 0.4) is 0 Å². The van der Waals surface area contributed by atoms with E-state index in [2.05, 4.69) is 17.1 Å². The van der Waals surface area contributed by atoms with Crippen LogP contribution in [0.5, 0.6) is 0 Å². The van der Waals surface area contributed by atoms with Gasteiger partial charge in [-0.05, 0) is 32.9 Å². The first-order valence-corrected chi connectivity index (χ1v) is 9.58. The van der Waals surface area contributed by atoms with Gasteiger partial charge in [0.05, 0.1) is 12.4 Å². The van der Waals surface area contributed by atoms with Crippen molar-refractivity contribution in [1.82, 2.24) is 10.2 Å². The van der Waals surface area contributed by atoms with E-state index < -0.39 is 9.84 Å². The first kappa shape index (κ1) is 17.9. The summed E-state index contributed by atoms with van der Waals surface area (Å²) in [6, 6.07) is 0. The van der Waals surface area contributed by atoms with Crippen molar-refractivity contribution >= 4 is 9.84 Å². The second-order valence-electron chi connectivity index (χ2n) is 6.20. The number of hydrogen-bond donors (Lipinski definition) is 1. The van der Waals surface area contributed by atoms with Gasteiger partial charge in [-0.1, -0.05) is 6.92 Å². The lowest BCUT2D eigenvalue weighted by Gasteiger charge is -2.40. The third-order valence-electron chi connectivity index (χ3n) is 3.78. The normalized spacial score (nSPS) is 24.2. The summed E-state index contributed by atoms with van der Waals surface area (Å²) < 4.78 is 28.2. The summed E-state index contributed by atoms with van der Waals surface area (Å²) in [5.74, 6) is 0.225. The SMILES string of the molecule is CCCNCC1(CN(C)CCS(C)(=O)=O)CCCOC1. The second kappa shape index (κ2) is 8.32. The molecule has 6 heteroatoms. The van der Waals surface area contributed by atoms with Gasteiger partial charge in [0.1, 0.15) is 9.84 Å². The van der Waals surface area contributed by atoms with Crippen LogP contribution < -0.4 is 5.32 Å². The van der Waals surface area contributed by atoms with E-state index >= 15 is 0 Å². The number of nitrogens with zero attached hydrogens (tertiary/aromatic N) is 1. The quantitative estimate of drug-likeness (QED) is 0.637. The summed E-state index contributed by atoms with van der Waals surface area (Å²) in [4.78, 5) is 2.13. The highest BCUT2D eigenvalue weighted by Gasteiger charge is 2.33. The topological polar surface area (TPSA) is 58.6 Å². The Morgan fingerprint density at radius 3 is 2.70 bits per heavy atom. The van der Waals surface area contributed by atoms with Crippen molar-refractivity contribution in [2.75, 3.05) is 58.4 Å². The van der Waals surface area contributed by atoms with Crippen molar-refractivity contribution in [2.45, 2.75) is 26.2 Å². The van der Waals surface area contributed by atoms with Crippen LogP contribution in [0, 0.1) is 5.41 Å². The van der Waals surface area contributed by atoms with Gasteiger partial charge >= 0.3 is 0 Å². The third-order valence-corrected chi connectivity index (χ3v) is 4.70. The molecular formula is C14H30N2O3S.